The predicted octanol–water partition coefficient (Wildman–Crippen LogP) is 1.74. The second kappa shape index (κ2) is 10.5. The standard InChI is InChI=1S/C18H25N7O2/c1-5-9-22-10-13(17(21)27-4)18(26)24-15-8-6-7-14(23-15)16(20)25(11-19)12(2)3/h5-8,10-12,19-20H,1,9,21H2,2-4H3,(H,23,24,26). The maximum absolute atomic E-state index is 12.5. The normalized spacial score (nSPS) is 11.7. The van der Waals surface area contributed by atoms with Gasteiger partial charge in [0.1, 0.15) is 17.1 Å². The second-order valence-electron chi connectivity index (χ2n) is 5.61. The highest BCUT2D eigenvalue weighted by molar-refractivity contribution is 6.18. The Balaban J connectivity index is 3.07. The summed E-state index contributed by atoms with van der Waals surface area (Å²) in [4.78, 5) is 22.2. The molecular formula is C18H25N7O2. The number of nitrogens with zero attached hydrogens (tertiary/aromatic N) is 3. The Labute approximate surface area is 158 Å². The fourth-order valence-electron chi connectivity index (χ4n) is 1.99. The van der Waals surface area contributed by atoms with E-state index in [0.29, 0.717) is 12.2 Å². The van der Waals surface area contributed by atoms with E-state index in [0.717, 1.165) is 6.34 Å². The van der Waals surface area contributed by atoms with E-state index in [2.05, 4.69) is 21.9 Å². The number of pyridine rings is 1. The van der Waals surface area contributed by atoms with Crippen LogP contribution in [-0.4, -0.2) is 53.9 Å². The number of nitrogens with two attached hydrogens (primary N) is 1. The van der Waals surface area contributed by atoms with Gasteiger partial charge in [-0.2, -0.15) is 0 Å². The number of aliphatic imine (C=N–C) groups is 1. The smallest absolute Gasteiger partial charge is 0.263 e. The molecule has 1 aromatic heterocycles. The summed E-state index contributed by atoms with van der Waals surface area (Å²) in [5.41, 5.74) is 6.08. The number of carbonyl (C=O) groups excluding carboxylic acids is 1. The quantitative estimate of drug-likeness (QED) is 0.172. The molecule has 0 aliphatic heterocycles. The molecule has 0 bridgehead atoms. The van der Waals surface area contributed by atoms with Crippen molar-refractivity contribution in [1.29, 1.82) is 10.8 Å². The van der Waals surface area contributed by atoms with Crippen molar-refractivity contribution in [2.24, 2.45) is 10.7 Å². The molecule has 0 atom stereocenters. The maximum atomic E-state index is 12.5. The number of amidine groups is 1. The molecule has 0 saturated carbocycles. The molecule has 1 amide bonds. The summed E-state index contributed by atoms with van der Waals surface area (Å²) in [7, 11) is 1.35. The first-order chi connectivity index (χ1) is 12.8. The van der Waals surface area contributed by atoms with Gasteiger partial charge < -0.3 is 20.7 Å². The van der Waals surface area contributed by atoms with Crippen molar-refractivity contribution in [2.45, 2.75) is 19.9 Å². The number of hydrogen-bond donors (Lipinski definition) is 4. The minimum atomic E-state index is -0.550. The molecule has 27 heavy (non-hydrogen) atoms. The number of aromatic nitrogens is 1. The van der Waals surface area contributed by atoms with Crippen molar-refractivity contribution in [1.82, 2.24) is 9.88 Å². The molecule has 0 radical (unpaired) electrons. The molecule has 0 aromatic carbocycles. The third kappa shape index (κ3) is 6.07. The molecule has 144 valence electrons. The third-order valence-corrected chi connectivity index (χ3v) is 3.37. The Bertz CT molecular complexity index is 769. The average Bonchev–Trinajstić information content (AvgIpc) is 2.65. The lowest BCUT2D eigenvalue weighted by Crippen LogP contribution is -2.36. The lowest BCUT2D eigenvalue weighted by atomic mass is 10.2. The molecule has 0 aliphatic rings. The van der Waals surface area contributed by atoms with Gasteiger partial charge in [0, 0.05) is 12.3 Å². The predicted molar refractivity (Wildman–Crippen MR) is 107 cm³/mol. The zero-order chi connectivity index (χ0) is 20.4. The Hall–Kier alpha value is -3.49. The van der Waals surface area contributed by atoms with Gasteiger partial charge in [-0.15, -0.1) is 6.58 Å². The topological polar surface area (TPSA) is 141 Å². The highest BCUT2D eigenvalue weighted by atomic mass is 16.5. The van der Waals surface area contributed by atoms with Crippen LogP contribution in [0.1, 0.15) is 19.5 Å². The molecule has 9 nitrogen and oxygen atoms in total. The van der Waals surface area contributed by atoms with Gasteiger partial charge >= 0.3 is 0 Å². The van der Waals surface area contributed by atoms with Gasteiger partial charge in [-0.3, -0.25) is 20.6 Å². The van der Waals surface area contributed by atoms with E-state index in [1.54, 1.807) is 24.3 Å². The number of carbonyl (C=O) groups is 1. The van der Waals surface area contributed by atoms with Gasteiger partial charge in [0.15, 0.2) is 11.7 Å². The summed E-state index contributed by atoms with van der Waals surface area (Å²) in [6.07, 6.45) is 3.95. The third-order valence-electron chi connectivity index (χ3n) is 3.37. The first-order valence-corrected chi connectivity index (χ1v) is 8.16. The molecular weight excluding hydrogens is 346 g/mol. The SMILES string of the molecule is C=CCN=CC(C(=O)Nc1cccc(C(=N)N(C=N)C(C)C)n1)=C(N)OC. The molecule has 0 unspecified atom stereocenters. The minimum Gasteiger partial charge on any atom is -0.482 e. The number of anilines is 1. The molecule has 0 saturated heterocycles. The zero-order valence-electron chi connectivity index (χ0n) is 15.7. The van der Waals surface area contributed by atoms with Gasteiger partial charge in [0.2, 0.25) is 0 Å². The van der Waals surface area contributed by atoms with E-state index in [1.807, 2.05) is 13.8 Å². The van der Waals surface area contributed by atoms with E-state index < -0.39 is 5.91 Å². The number of amides is 1. The minimum absolute atomic E-state index is 0.0462. The molecule has 0 aliphatic carbocycles. The van der Waals surface area contributed by atoms with Gasteiger partial charge in [0.25, 0.3) is 5.91 Å². The van der Waals surface area contributed by atoms with Crippen molar-refractivity contribution < 1.29 is 9.53 Å². The fraction of sp³-hybridized carbons (Fsp3) is 0.278. The van der Waals surface area contributed by atoms with Gasteiger partial charge in [0.05, 0.1) is 20.0 Å². The summed E-state index contributed by atoms with van der Waals surface area (Å²) in [6, 6.07) is 4.79. The Kier molecular flexibility index (Phi) is 8.37. The van der Waals surface area contributed by atoms with Crippen LogP contribution in [-0.2, 0) is 9.53 Å². The number of ether oxygens (including phenoxy) is 1. The highest BCUT2D eigenvalue weighted by Gasteiger charge is 2.17. The van der Waals surface area contributed by atoms with Crippen molar-refractivity contribution >= 4 is 30.1 Å². The monoisotopic (exact) mass is 371 g/mol. The molecule has 1 aromatic rings. The average molecular weight is 371 g/mol. The first kappa shape index (κ1) is 21.6. The van der Waals surface area contributed by atoms with E-state index in [1.165, 1.54) is 18.2 Å². The van der Waals surface area contributed by atoms with Crippen LogP contribution in [0.25, 0.3) is 0 Å². The van der Waals surface area contributed by atoms with Crippen LogP contribution < -0.4 is 11.1 Å². The Morgan fingerprint density at radius 2 is 2.22 bits per heavy atom. The zero-order valence-corrected chi connectivity index (χ0v) is 15.7. The highest BCUT2D eigenvalue weighted by Crippen LogP contribution is 2.11. The first-order valence-electron chi connectivity index (χ1n) is 8.16. The van der Waals surface area contributed by atoms with Crippen LogP contribution in [0, 0.1) is 10.8 Å². The molecule has 1 rings (SSSR count). The van der Waals surface area contributed by atoms with Crippen molar-refractivity contribution in [3.8, 4) is 0 Å². The van der Waals surface area contributed by atoms with Crippen LogP contribution >= 0.6 is 0 Å². The Morgan fingerprint density at radius 3 is 2.78 bits per heavy atom. The van der Waals surface area contributed by atoms with E-state index in [4.69, 9.17) is 21.3 Å². The lowest BCUT2D eigenvalue weighted by molar-refractivity contribution is -0.112. The van der Waals surface area contributed by atoms with Crippen molar-refractivity contribution in [3.05, 3.63) is 48.0 Å². The van der Waals surface area contributed by atoms with Crippen LogP contribution in [0.4, 0.5) is 5.82 Å². The number of methoxy groups -OCH3 is 1. The molecule has 5 N–H and O–H groups in total. The molecule has 0 spiro atoms. The van der Waals surface area contributed by atoms with Crippen LogP contribution in [0.3, 0.4) is 0 Å². The van der Waals surface area contributed by atoms with E-state index >= 15 is 0 Å². The number of rotatable bonds is 9. The van der Waals surface area contributed by atoms with Crippen molar-refractivity contribution in [2.75, 3.05) is 19.0 Å². The molecule has 1 heterocycles. The summed E-state index contributed by atoms with van der Waals surface area (Å²) in [5.74, 6) is -0.351. The summed E-state index contributed by atoms with van der Waals surface area (Å²) in [6.45, 7) is 7.60. The summed E-state index contributed by atoms with van der Waals surface area (Å²) < 4.78 is 4.93. The van der Waals surface area contributed by atoms with E-state index in [-0.39, 0.29) is 29.2 Å². The van der Waals surface area contributed by atoms with E-state index in [9.17, 15) is 4.79 Å². The Morgan fingerprint density at radius 1 is 1.52 bits per heavy atom. The van der Waals surface area contributed by atoms with Gasteiger partial charge in [-0.1, -0.05) is 12.1 Å². The van der Waals surface area contributed by atoms with Crippen LogP contribution in [0.5, 0.6) is 0 Å². The number of hydrogen-bond acceptors (Lipinski definition) is 7. The van der Waals surface area contributed by atoms with Gasteiger partial charge in [-0.05, 0) is 26.0 Å². The van der Waals surface area contributed by atoms with Crippen LogP contribution in [0.2, 0.25) is 0 Å². The second-order valence-corrected chi connectivity index (χ2v) is 5.61. The largest absolute Gasteiger partial charge is 0.482 e. The molecule has 9 heteroatoms. The fourth-order valence-corrected chi connectivity index (χ4v) is 1.99. The summed E-state index contributed by atoms with van der Waals surface area (Å²) >= 11 is 0. The maximum Gasteiger partial charge on any atom is 0.263 e. The number of nitrogens with one attached hydrogen (secondary N) is 3. The lowest BCUT2D eigenvalue weighted by Gasteiger charge is -2.23. The summed E-state index contributed by atoms with van der Waals surface area (Å²) in [5, 5.41) is 18.3. The van der Waals surface area contributed by atoms with Crippen molar-refractivity contribution in [3.63, 3.8) is 0 Å². The van der Waals surface area contributed by atoms with Crippen LogP contribution in [0.15, 0.2) is 47.3 Å². The van der Waals surface area contributed by atoms with Gasteiger partial charge in [-0.25, -0.2) is 4.98 Å². The molecule has 0 fully saturated rings.